The largest absolute Gasteiger partial charge is 0.497 e. The Hall–Kier alpha value is -2.49. The number of methoxy groups -OCH3 is 1. The number of benzene rings is 2. The highest BCUT2D eigenvalue weighted by Gasteiger charge is 2.12. The zero-order valence-electron chi connectivity index (χ0n) is 13.9. The summed E-state index contributed by atoms with van der Waals surface area (Å²) in [6, 6.07) is 13.2. The molecule has 2 aromatic carbocycles. The minimum absolute atomic E-state index is 0.269. The molecule has 0 spiro atoms. The third-order valence-electron chi connectivity index (χ3n) is 3.67. The molecule has 0 atom stereocenters. The first-order chi connectivity index (χ1) is 12.2. The van der Waals surface area contributed by atoms with Crippen LogP contribution in [0.15, 0.2) is 52.4 Å². The highest BCUT2D eigenvalue weighted by Crippen LogP contribution is 2.24. The molecule has 0 fully saturated rings. The van der Waals surface area contributed by atoms with E-state index in [1.807, 2.05) is 47.2 Å². The summed E-state index contributed by atoms with van der Waals surface area (Å²) in [5.74, 6) is 3.12. The fourth-order valence-corrected chi connectivity index (χ4v) is 4.12. The lowest BCUT2D eigenvalue weighted by molar-refractivity contribution is 0.0995. The van der Waals surface area contributed by atoms with Gasteiger partial charge in [0.1, 0.15) is 5.75 Å². The molecule has 4 nitrogen and oxygen atoms in total. The van der Waals surface area contributed by atoms with E-state index in [2.05, 4.69) is 10.9 Å². The second kappa shape index (κ2) is 7.60. The molecule has 0 aliphatic heterocycles. The zero-order valence-corrected chi connectivity index (χ0v) is 15.5. The number of rotatable bonds is 4. The summed E-state index contributed by atoms with van der Waals surface area (Å²) in [4.78, 5) is 18.5. The van der Waals surface area contributed by atoms with Crippen LogP contribution in [0.4, 0.5) is 0 Å². The van der Waals surface area contributed by atoms with E-state index in [0.29, 0.717) is 16.9 Å². The quantitative estimate of drug-likeness (QED) is 0.520. The Morgan fingerprint density at radius 3 is 2.88 bits per heavy atom. The second-order valence-electron chi connectivity index (χ2n) is 5.13. The van der Waals surface area contributed by atoms with Gasteiger partial charge >= 0.3 is 0 Å². The Balaban J connectivity index is 2.16. The van der Waals surface area contributed by atoms with Crippen molar-refractivity contribution in [2.75, 3.05) is 13.4 Å². The number of carbonyl (C=O) groups excluding carboxylic acids is 1. The van der Waals surface area contributed by atoms with Crippen molar-refractivity contribution in [2.45, 2.75) is 11.4 Å². The Kier molecular flexibility index (Phi) is 5.27. The molecule has 3 rings (SSSR count). The van der Waals surface area contributed by atoms with Crippen LogP contribution in [0.1, 0.15) is 10.4 Å². The number of nitrogens with zero attached hydrogens (tertiary/aromatic N) is 2. The van der Waals surface area contributed by atoms with Crippen LogP contribution in [0.2, 0.25) is 0 Å². The number of hydrogen-bond acceptors (Lipinski definition) is 4. The minimum atomic E-state index is -0.269. The van der Waals surface area contributed by atoms with Gasteiger partial charge in [-0.1, -0.05) is 29.4 Å². The lowest BCUT2D eigenvalue weighted by Crippen LogP contribution is -2.16. The van der Waals surface area contributed by atoms with E-state index in [1.165, 1.54) is 23.1 Å². The Labute approximate surface area is 154 Å². The number of fused-ring (bicyclic) bond motifs is 1. The maximum atomic E-state index is 12.7. The van der Waals surface area contributed by atoms with Gasteiger partial charge in [-0.25, -0.2) is 0 Å². The van der Waals surface area contributed by atoms with Crippen molar-refractivity contribution in [3.05, 3.63) is 52.8 Å². The number of hydrogen-bond donors (Lipinski definition) is 0. The van der Waals surface area contributed by atoms with E-state index in [9.17, 15) is 4.79 Å². The summed E-state index contributed by atoms with van der Waals surface area (Å²) in [5.41, 5.74) is 1.53. The summed E-state index contributed by atoms with van der Waals surface area (Å²) in [6.45, 7) is 0.350. The fraction of sp³-hybridized carbons (Fsp3) is 0.158. The van der Waals surface area contributed by atoms with Gasteiger partial charge in [0.2, 0.25) is 0 Å². The van der Waals surface area contributed by atoms with Crippen LogP contribution in [-0.2, 0) is 6.54 Å². The van der Waals surface area contributed by atoms with Gasteiger partial charge in [0.15, 0.2) is 4.80 Å². The van der Waals surface area contributed by atoms with Crippen molar-refractivity contribution >= 4 is 39.2 Å². The van der Waals surface area contributed by atoms with Crippen molar-refractivity contribution in [3.8, 4) is 18.1 Å². The number of terminal acetylenes is 1. The summed E-state index contributed by atoms with van der Waals surface area (Å²) >= 11 is 2.95. The molecule has 0 aliphatic rings. The number of carbonyl (C=O) groups is 1. The normalized spacial score (nSPS) is 11.5. The smallest absolute Gasteiger partial charge is 0.280 e. The number of thioether (sulfide) groups is 1. The Bertz CT molecular complexity index is 1040. The molecule has 6 heteroatoms. The maximum absolute atomic E-state index is 12.7. The molecule has 0 bridgehead atoms. The topological polar surface area (TPSA) is 43.6 Å². The maximum Gasteiger partial charge on any atom is 0.280 e. The van der Waals surface area contributed by atoms with E-state index < -0.39 is 0 Å². The van der Waals surface area contributed by atoms with Gasteiger partial charge in [0.05, 0.1) is 29.4 Å². The first-order valence-corrected chi connectivity index (χ1v) is 9.55. The van der Waals surface area contributed by atoms with Crippen LogP contribution in [0.25, 0.3) is 10.2 Å². The number of thiazole rings is 1. The molecule has 0 radical (unpaired) electrons. The standard InChI is InChI=1S/C19H16N2O2S2/c1-4-11-21-15-10-9-13(23-2)12-17(15)25-19(21)20-18(22)14-7-5-6-8-16(14)24-3/h1,5-10,12H,11H2,2-3H3. The van der Waals surface area contributed by atoms with Crippen LogP contribution in [0, 0.1) is 12.3 Å². The third kappa shape index (κ3) is 3.48. The summed E-state index contributed by atoms with van der Waals surface area (Å²) in [7, 11) is 1.62. The average Bonchev–Trinajstić information content (AvgIpc) is 2.98. The Morgan fingerprint density at radius 1 is 1.36 bits per heavy atom. The van der Waals surface area contributed by atoms with E-state index in [4.69, 9.17) is 11.2 Å². The number of ether oxygens (including phenoxy) is 1. The molecule has 25 heavy (non-hydrogen) atoms. The Morgan fingerprint density at radius 2 is 2.16 bits per heavy atom. The SMILES string of the molecule is C#CCn1c(=NC(=O)c2ccccc2SC)sc2cc(OC)ccc21. The van der Waals surface area contributed by atoms with E-state index in [-0.39, 0.29) is 5.91 Å². The van der Waals surface area contributed by atoms with Crippen molar-refractivity contribution in [1.82, 2.24) is 4.57 Å². The summed E-state index contributed by atoms with van der Waals surface area (Å²) in [6.07, 6.45) is 7.44. The van der Waals surface area contributed by atoms with Crippen LogP contribution in [0.5, 0.6) is 5.75 Å². The zero-order chi connectivity index (χ0) is 17.8. The van der Waals surface area contributed by atoms with Crippen LogP contribution < -0.4 is 9.54 Å². The van der Waals surface area contributed by atoms with Crippen molar-refractivity contribution in [2.24, 2.45) is 4.99 Å². The van der Waals surface area contributed by atoms with Gasteiger partial charge in [-0.15, -0.1) is 18.2 Å². The van der Waals surface area contributed by atoms with Gasteiger partial charge in [0, 0.05) is 4.90 Å². The van der Waals surface area contributed by atoms with E-state index >= 15 is 0 Å². The first kappa shape index (κ1) is 17.3. The second-order valence-corrected chi connectivity index (χ2v) is 6.98. The predicted octanol–water partition coefficient (Wildman–Crippen LogP) is 3.81. The van der Waals surface area contributed by atoms with Gasteiger partial charge in [-0.05, 0) is 36.6 Å². The molecular formula is C19H16N2O2S2. The van der Waals surface area contributed by atoms with Crippen molar-refractivity contribution < 1.29 is 9.53 Å². The first-order valence-electron chi connectivity index (χ1n) is 7.51. The molecule has 126 valence electrons. The molecular weight excluding hydrogens is 352 g/mol. The van der Waals surface area contributed by atoms with Gasteiger partial charge < -0.3 is 9.30 Å². The molecule has 0 aliphatic carbocycles. The van der Waals surface area contributed by atoms with Crippen molar-refractivity contribution in [1.29, 1.82) is 0 Å². The molecule has 0 saturated heterocycles. The van der Waals surface area contributed by atoms with Gasteiger partial charge in [-0.2, -0.15) is 4.99 Å². The van der Waals surface area contributed by atoms with Crippen LogP contribution >= 0.6 is 23.1 Å². The van der Waals surface area contributed by atoms with Gasteiger partial charge in [0.25, 0.3) is 5.91 Å². The number of aromatic nitrogens is 1. The van der Waals surface area contributed by atoms with Crippen LogP contribution in [-0.4, -0.2) is 23.8 Å². The molecule has 1 aromatic heterocycles. The number of amides is 1. The van der Waals surface area contributed by atoms with Crippen LogP contribution in [0.3, 0.4) is 0 Å². The molecule has 1 amide bonds. The fourth-order valence-electron chi connectivity index (χ4n) is 2.48. The van der Waals surface area contributed by atoms with Crippen molar-refractivity contribution in [3.63, 3.8) is 0 Å². The predicted molar refractivity (Wildman–Crippen MR) is 103 cm³/mol. The molecule has 0 unspecified atom stereocenters. The minimum Gasteiger partial charge on any atom is -0.497 e. The lowest BCUT2D eigenvalue weighted by atomic mass is 10.2. The summed E-state index contributed by atoms with van der Waals surface area (Å²) in [5, 5.41) is 0. The lowest BCUT2D eigenvalue weighted by Gasteiger charge is -2.03. The average molecular weight is 368 g/mol. The molecule has 0 N–H and O–H groups in total. The summed E-state index contributed by atoms with van der Waals surface area (Å²) < 4.78 is 8.11. The highest BCUT2D eigenvalue weighted by atomic mass is 32.2. The third-order valence-corrected chi connectivity index (χ3v) is 5.51. The molecule has 0 saturated carbocycles. The van der Waals surface area contributed by atoms with Gasteiger partial charge in [-0.3, -0.25) is 4.79 Å². The van der Waals surface area contributed by atoms with E-state index in [1.54, 1.807) is 13.2 Å². The monoisotopic (exact) mass is 368 g/mol. The highest BCUT2D eigenvalue weighted by molar-refractivity contribution is 7.98. The molecule has 1 heterocycles. The molecule has 3 aromatic rings. The van der Waals surface area contributed by atoms with E-state index in [0.717, 1.165) is 20.9 Å².